The normalized spacial score (nSPS) is 10.7. The largest absolute Gasteiger partial charge is 0.478 e. The average molecular weight is 501 g/mol. The van der Waals surface area contributed by atoms with Crippen LogP contribution in [0.5, 0.6) is 0 Å². The first-order chi connectivity index (χ1) is 17.5. The van der Waals surface area contributed by atoms with Gasteiger partial charge in [0.25, 0.3) is 11.1 Å². The Labute approximate surface area is 210 Å². The van der Waals surface area contributed by atoms with Gasteiger partial charge in [-0.15, -0.1) is 5.73 Å². The topological polar surface area (TPSA) is 138 Å². The SMILES string of the molecule is Cc1c(C=C=Cc2ccc(N(C)C)cc2)c(=O)n(C)c2[nH]n(-c3cc(C(=O)O)cc(C(=O)O)c3)c(=O)c12. The molecule has 0 aliphatic heterocycles. The lowest BCUT2D eigenvalue weighted by atomic mass is 10.1. The lowest BCUT2D eigenvalue weighted by Gasteiger charge is -2.11. The monoisotopic (exact) mass is 500 g/mol. The Hall–Kier alpha value is -5.08. The highest BCUT2D eigenvalue weighted by atomic mass is 16.4. The third-order valence-electron chi connectivity index (χ3n) is 6.08. The minimum Gasteiger partial charge on any atom is -0.478 e. The average Bonchev–Trinajstić information content (AvgIpc) is 3.22. The van der Waals surface area contributed by atoms with E-state index in [4.69, 9.17) is 0 Å². The van der Waals surface area contributed by atoms with Gasteiger partial charge in [0.1, 0.15) is 5.65 Å². The number of benzene rings is 2. The molecule has 3 N–H and O–H groups in total. The maximum atomic E-state index is 13.4. The lowest BCUT2D eigenvalue weighted by Crippen LogP contribution is -2.22. The summed E-state index contributed by atoms with van der Waals surface area (Å²) in [5.41, 5.74) is 4.34. The van der Waals surface area contributed by atoms with E-state index in [-0.39, 0.29) is 39.0 Å². The molecule has 0 unspecified atom stereocenters. The number of nitrogens with zero attached hydrogens (tertiary/aromatic N) is 3. The lowest BCUT2D eigenvalue weighted by molar-refractivity contribution is 0.0696. The van der Waals surface area contributed by atoms with Crippen molar-refractivity contribution in [3.8, 4) is 5.69 Å². The quantitative estimate of drug-likeness (QED) is 0.346. The zero-order valence-corrected chi connectivity index (χ0v) is 20.6. The Kier molecular flexibility index (Phi) is 6.44. The van der Waals surface area contributed by atoms with Gasteiger partial charge in [-0.2, -0.15) is 0 Å². The molecule has 0 spiro atoms. The molecule has 2 aromatic carbocycles. The second kappa shape index (κ2) is 9.52. The number of aryl methyl sites for hydroxylation is 2. The second-order valence-electron chi connectivity index (χ2n) is 8.70. The van der Waals surface area contributed by atoms with E-state index in [9.17, 15) is 29.4 Å². The van der Waals surface area contributed by atoms with Gasteiger partial charge in [0.05, 0.1) is 27.8 Å². The van der Waals surface area contributed by atoms with Crippen LogP contribution in [-0.2, 0) is 7.05 Å². The Balaban J connectivity index is 1.86. The van der Waals surface area contributed by atoms with Gasteiger partial charge in [-0.25, -0.2) is 14.3 Å². The maximum Gasteiger partial charge on any atom is 0.335 e. The molecule has 37 heavy (non-hydrogen) atoms. The number of carbonyl (C=O) groups is 2. The van der Waals surface area contributed by atoms with Crippen LogP contribution >= 0.6 is 0 Å². The van der Waals surface area contributed by atoms with Crippen molar-refractivity contribution in [2.45, 2.75) is 6.92 Å². The van der Waals surface area contributed by atoms with Crippen LogP contribution in [0.15, 0.2) is 57.8 Å². The van der Waals surface area contributed by atoms with Crippen LogP contribution in [0.4, 0.5) is 5.69 Å². The van der Waals surface area contributed by atoms with Gasteiger partial charge in [-0.1, -0.05) is 12.1 Å². The van der Waals surface area contributed by atoms with Gasteiger partial charge in [0.15, 0.2) is 0 Å². The summed E-state index contributed by atoms with van der Waals surface area (Å²) in [5, 5.41) is 21.8. The summed E-state index contributed by atoms with van der Waals surface area (Å²) in [6, 6.07) is 11.1. The third kappa shape index (κ3) is 4.61. The molecule has 2 heterocycles. The zero-order chi connectivity index (χ0) is 27.0. The zero-order valence-electron chi connectivity index (χ0n) is 20.6. The summed E-state index contributed by atoms with van der Waals surface area (Å²) in [7, 11) is 5.40. The Morgan fingerprint density at radius 3 is 2.08 bits per heavy atom. The molecule has 2 aromatic heterocycles. The molecule has 0 aliphatic carbocycles. The van der Waals surface area contributed by atoms with Crippen LogP contribution in [0.2, 0.25) is 0 Å². The molecule has 0 fully saturated rings. The van der Waals surface area contributed by atoms with Crippen molar-refractivity contribution in [2.75, 3.05) is 19.0 Å². The number of H-pyrrole nitrogens is 1. The molecule has 188 valence electrons. The molecular weight excluding hydrogens is 476 g/mol. The van der Waals surface area contributed by atoms with Gasteiger partial charge in [-0.3, -0.25) is 19.3 Å². The fraction of sp³-hybridized carbons (Fsp3) is 0.148. The first kappa shape index (κ1) is 25.0. The van der Waals surface area contributed by atoms with Crippen molar-refractivity contribution in [2.24, 2.45) is 7.05 Å². The number of carboxylic acid groups (broad SMARTS) is 2. The van der Waals surface area contributed by atoms with Crippen molar-refractivity contribution in [3.05, 3.63) is 96.7 Å². The molecule has 4 aromatic rings. The number of aromatic nitrogens is 3. The van der Waals surface area contributed by atoms with E-state index in [2.05, 4.69) is 10.8 Å². The fourth-order valence-corrected chi connectivity index (χ4v) is 4.01. The Morgan fingerprint density at radius 1 is 0.946 bits per heavy atom. The van der Waals surface area contributed by atoms with Crippen LogP contribution in [0, 0.1) is 6.92 Å². The molecule has 0 saturated carbocycles. The number of fused-ring (bicyclic) bond motifs is 1. The van der Waals surface area contributed by atoms with E-state index in [1.54, 1.807) is 13.0 Å². The van der Waals surface area contributed by atoms with Gasteiger partial charge >= 0.3 is 11.9 Å². The van der Waals surface area contributed by atoms with Crippen LogP contribution < -0.4 is 16.0 Å². The summed E-state index contributed by atoms with van der Waals surface area (Å²) in [4.78, 5) is 51.5. The number of carboxylic acids is 2. The van der Waals surface area contributed by atoms with E-state index in [1.807, 2.05) is 43.3 Å². The van der Waals surface area contributed by atoms with Crippen molar-refractivity contribution in [3.63, 3.8) is 0 Å². The van der Waals surface area contributed by atoms with Crippen molar-refractivity contribution in [1.29, 1.82) is 0 Å². The molecule has 0 aliphatic rings. The molecule has 0 saturated heterocycles. The summed E-state index contributed by atoms with van der Waals surface area (Å²) in [5.74, 6) is -2.68. The van der Waals surface area contributed by atoms with Crippen molar-refractivity contribution < 1.29 is 19.8 Å². The van der Waals surface area contributed by atoms with Crippen molar-refractivity contribution >= 4 is 40.8 Å². The molecule has 0 bridgehead atoms. The number of anilines is 1. The highest BCUT2D eigenvalue weighted by Gasteiger charge is 2.20. The Morgan fingerprint density at radius 2 is 1.54 bits per heavy atom. The minimum absolute atomic E-state index is 0.0171. The summed E-state index contributed by atoms with van der Waals surface area (Å²) in [6.07, 6.45) is 3.24. The smallest absolute Gasteiger partial charge is 0.335 e. The molecule has 10 heteroatoms. The third-order valence-corrected chi connectivity index (χ3v) is 6.08. The van der Waals surface area contributed by atoms with E-state index in [0.717, 1.165) is 22.0 Å². The number of hydrogen-bond donors (Lipinski definition) is 3. The van der Waals surface area contributed by atoms with E-state index >= 15 is 0 Å². The van der Waals surface area contributed by atoms with Gasteiger partial charge < -0.3 is 15.1 Å². The van der Waals surface area contributed by atoms with Gasteiger partial charge in [-0.05, 0) is 60.5 Å². The Bertz CT molecular complexity index is 1710. The fourth-order valence-electron chi connectivity index (χ4n) is 4.01. The molecule has 4 rings (SSSR count). The van der Waals surface area contributed by atoms with Crippen LogP contribution in [0.25, 0.3) is 28.9 Å². The standard InChI is InChI=1S/C27H24N4O6/c1-15-21(7-5-6-16-8-10-19(11-9-16)29(2)3)24(32)30(4)23-22(15)25(33)31(28-23)20-13-17(26(34)35)12-18(14-20)27(36)37/h6-14,28H,1-4H3,(H,34,35)(H,36,37). The number of hydrogen-bond acceptors (Lipinski definition) is 5. The van der Waals surface area contributed by atoms with E-state index < -0.39 is 17.5 Å². The number of nitrogens with one attached hydrogen (secondary N) is 1. The minimum atomic E-state index is -1.34. The summed E-state index contributed by atoms with van der Waals surface area (Å²) >= 11 is 0. The maximum absolute atomic E-state index is 13.4. The predicted molar refractivity (Wildman–Crippen MR) is 141 cm³/mol. The molecule has 10 nitrogen and oxygen atoms in total. The van der Waals surface area contributed by atoms with E-state index in [1.165, 1.54) is 29.8 Å². The molecule has 0 radical (unpaired) electrons. The summed E-state index contributed by atoms with van der Waals surface area (Å²) in [6.45, 7) is 1.64. The molecule has 0 atom stereocenters. The first-order valence-corrected chi connectivity index (χ1v) is 11.2. The van der Waals surface area contributed by atoms with Crippen molar-refractivity contribution in [1.82, 2.24) is 14.3 Å². The molecular formula is C27H24N4O6. The van der Waals surface area contributed by atoms with Crippen LogP contribution in [-0.4, -0.2) is 50.6 Å². The predicted octanol–water partition coefficient (Wildman–Crippen LogP) is 3.11. The van der Waals surface area contributed by atoms with Crippen LogP contribution in [0.3, 0.4) is 0 Å². The van der Waals surface area contributed by atoms with Gasteiger partial charge in [0, 0.05) is 26.8 Å². The molecule has 0 amide bonds. The summed E-state index contributed by atoms with van der Waals surface area (Å²) < 4.78 is 2.31. The number of rotatable bonds is 6. The second-order valence-corrected chi connectivity index (χ2v) is 8.70. The number of pyridine rings is 1. The van der Waals surface area contributed by atoms with E-state index in [0.29, 0.717) is 5.56 Å². The van der Waals surface area contributed by atoms with Gasteiger partial charge in [0.2, 0.25) is 0 Å². The number of aromatic amines is 1. The first-order valence-electron chi connectivity index (χ1n) is 11.2. The highest BCUT2D eigenvalue weighted by molar-refractivity contribution is 5.95. The highest BCUT2D eigenvalue weighted by Crippen LogP contribution is 2.19. The van der Waals surface area contributed by atoms with Crippen LogP contribution in [0.1, 0.15) is 37.4 Å². The number of aromatic carboxylic acids is 2.